The Hall–Kier alpha value is -4.17. The maximum atomic E-state index is 2.55. The first-order valence-corrected chi connectivity index (χ1v) is 14.1. The molecule has 2 heteroatoms. The molecule has 2 heterocycles. The Morgan fingerprint density at radius 2 is 1.28 bits per heavy atom. The van der Waals surface area contributed by atoms with Crippen LogP contribution in [0.5, 0.6) is 0 Å². The van der Waals surface area contributed by atoms with Crippen LogP contribution >= 0.6 is 0 Å². The smallest absolute Gasteiger partial charge is 0.238 e. The molecule has 0 unspecified atom stereocenters. The zero-order valence-corrected chi connectivity index (χ0v) is 23.3. The van der Waals surface area contributed by atoms with Crippen molar-refractivity contribution in [2.75, 3.05) is 0 Å². The molecule has 0 N–H and O–H groups in total. The van der Waals surface area contributed by atoms with Gasteiger partial charge >= 0.3 is 0 Å². The second-order valence-electron chi connectivity index (χ2n) is 12.5. The molecule has 2 aromatic heterocycles. The molecule has 0 radical (unpaired) electrons. The third kappa shape index (κ3) is 2.95. The molecule has 4 aromatic carbocycles. The first-order valence-electron chi connectivity index (χ1n) is 14.1. The van der Waals surface area contributed by atoms with Gasteiger partial charge in [0.05, 0.1) is 10.9 Å². The molecule has 3 aliphatic rings. The van der Waals surface area contributed by atoms with Crippen LogP contribution < -0.4 is 4.57 Å². The second-order valence-corrected chi connectivity index (χ2v) is 12.5. The molecular weight excluding hydrogens is 472 g/mol. The summed E-state index contributed by atoms with van der Waals surface area (Å²) in [6.45, 7) is 9.16. The Morgan fingerprint density at radius 3 is 1.87 bits per heavy atom. The van der Waals surface area contributed by atoms with Crippen LogP contribution in [0.2, 0.25) is 0 Å². The summed E-state index contributed by atoms with van der Waals surface area (Å²) in [6, 6.07) is 34.5. The van der Waals surface area contributed by atoms with Gasteiger partial charge in [-0.1, -0.05) is 87.5 Å². The first kappa shape index (κ1) is 22.8. The number of hydrogen-bond donors (Lipinski definition) is 0. The van der Waals surface area contributed by atoms with E-state index < -0.39 is 0 Å². The summed E-state index contributed by atoms with van der Waals surface area (Å²) in [4.78, 5) is 0. The van der Waals surface area contributed by atoms with Crippen LogP contribution in [0.25, 0.3) is 27.6 Å². The molecule has 6 aromatic rings. The molecule has 2 nitrogen and oxygen atoms in total. The van der Waals surface area contributed by atoms with Crippen LogP contribution in [-0.2, 0) is 12.5 Å². The monoisotopic (exact) mass is 505 g/mol. The molecule has 0 saturated carbocycles. The standard InChI is InChI=1S/C37H33N2/c1-22-21-29-32-25-11-6-8-13-27(25)33(28-14-9-7-12-26(28)32)34(29)36-31(22)35-30(15-10-20-38(35)5)39(36)24-18-16-23(17-19-24)37(2,3)4/h6-21,32-33H,1-5H3/q+1. The fourth-order valence-electron chi connectivity index (χ4n) is 7.55. The van der Waals surface area contributed by atoms with E-state index in [0.29, 0.717) is 0 Å². The van der Waals surface area contributed by atoms with Crippen LogP contribution in [0.4, 0.5) is 0 Å². The van der Waals surface area contributed by atoms with Gasteiger partial charge < -0.3 is 4.57 Å². The number of pyridine rings is 1. The number of nitrogens with zero attached hydrogens (tertiary/aromatic N) is 2. The average Bonchev–Trinajstić information content (AvgIpc) is 3.30. The highest BCUT2D eigenvalue weighted by Crippen LogP contribution is 2.58. The van der Waals surface area contributed by atoms with E-state index in [1.54, 1.807) is 0 Å². The Bertz CT molecular complexity index is 1920. The van der Waals surface area contributed by atoms with Gasteiger partial charge in [-0.15, -0.1) is 0 Å². The highest BCUT2D eigenvalue weighted by Gasteiger charge is 2.43. The lowest BCUT2D eigenvalue weighted by atomic mass is 9.60. The maximum absolute atomic E-state index is 2.55. The Balaban J connectivity index is 1.55. The highest BCUT2D eigenvalue weighted by molar-refractivity contribution is 6.09. The van der Waals surface area contributed by atoms with Crippen LogP contribution in [0.1, 0.15) is 77.1 Å². The minimum atomic E-state index is 0.119. The van der Waals surface area contributed by atoms with Gasteiger partial charge in [-0.2, -0.15) is 4.57 Å². The number of benzene rings is 4. The largest absolute Gasteiger partial charge is 0.303 e. The lowest BCUT2D eigenvalue weighted by Crippen LogP contribution is -2.28. The average molecular weight is 506 g/mol. The van der Waals surface area contributed by atoms with Gasteiger partial charge in [0.2, 0.25) is 5.52 Å². The first-order chi connectivity index (χ1) is 18.8. The van der Waals surface area contributed by atoms with E-state index in [1.807, 2.05) is 0 Å². The van der Waals surface area contributed by atoms with Crippen molar-refractivity contribution in [3.8, 4) is 5.69 Å². The molecule has 9 rings (SSSR count). The second kappa shape index (κ2) is 7.70. The van der Waals surface area contributed by atoms with Crippen LogP contribution in [0.3, 0.4) is 0 Å². The number of fused-ring (bicyclic) bond motifs is 3. The molecular formula is C37H33N2+. The zero-order valence-electron chi connectivity index (χ0n) is 23.3. The van der Waals surface area contributed by atoms with E-state index in [2.05, 4.69) is 141 Å². The van der Waals surface area contributed by atoms with Crippen molar-refractivity contribution < 1.29 is 4.57 Å². The van der Waals surface area contributed by atoms with E-state index in [4.69, 9.17) is 0 Å². The van der Waals surface area contributed by atoms with E-state index in [-0.39, 0.29) is 17.3 Å². The maximum Gasteiger partial charge on any atom is 0.238 e. The molecule has 2 bridgehead atoms. The summed E-state index contributed by atoms with van der Waals surface area (Å²) in [5.41, 5.74) is 16.8. The third-order valence-corrected chi connectivity index (χ3v) is 9.26. The van der Waals surface area contributed by atoms with Crippen molar-refractivity contribution in [1.82, 2.24) is 4.57 Å². The fourth-order valence-corrected chi connectivity index (χ4v) is 7.55. The van der Waals surface area contributed by atoms with Crippen molar-refractivity contribution in [2.24, 2.45) is 7.05 Å². The molecule has 0 saturated heterocycles. The molecule has 0 spiro atoms. The van der Waals surface area contributed by atoms with Crippen molar-refractivity contribution in [1.29, 1.82) is 0 Å². The Morgan fingerprint density at radius 1 is 0.692 bits per heavy atom. The van der Waals surface area contributed by atoms with Gasteiger partial charge in [0.15, 0.2) is 6.20 Å². The van der Waals surface area contributed by atoms with Crippen LogP contribution in [0, 0.1) is 6.92 Å². The normalized spacial score (nSPS) is 17.4. The van der Waals surface area contributed by atoms with Gasteiger partial charge in [0.1, 0.15) is 12.6 Å². The molecule has 190 valence electrons. The summed E-state index contributed by atoms with van der Waals surface area (Å²) in [6.07, 6.45) is 2.18. The lowest BCUT2D eigenvalue weighted by Gasteiger charge is -2.42. The number of aryl methyl sites for hydroxylation is 2. The van der Waals surface area contributed by atoms with Gasteiger partial charge in [0.25, 0.3) is 0 Å². The van der Waals surface area contributed by atoms with Gasteiger partial charge in [-0.25, -0.2) is 0 Å². The molecule has 0 fully saturated rings. The molecule has 39 heavy (non-hydrogen) atoms. The Labute approximate surface area is 230 Å². The van der Waals surface area contributed by atoms with E-state index >= 15 is 0 Å². The minimum absolute atomic E-state index is 0.119. The molecule has 0 aliphatic heterocycles. The molecule has 0 amide bonds. The van der Waals surface area contributed by atoms with Gasteiger partial charge in [-0.05, 0) is 75.0 Å². The molecule has 0 atom stereocenters. The van der Waals surface area contributed by atoms with Gasteiger partial charge in [-0.3, -0.25) is 0 Å². The predicted molar refractivity (Wildman–Crippen MR) is 160 cm³/mol. The van der Waals surface area contributed by atoms with Crippen LogP contribution in [0.15, 0.2) is 97.2 Å². The zero-order chi connectivity index (χ0) is 26.6. The van der Waals surface area contributed by atoms with E-state index in [9.17, 15) is 0 Å². The van der Waals surface area contributed by atoms with E-state index in [0.717, 1.165) is 0 Å². The lowest BCUT2D eigenvalue weighted by molar-refractivity contribution is -0.644. The third-order valence-electron chi connectivity index (χ3n) is 9.26. The fraction of sp³-hybridized carbons (Fsp3) is 0.216. The topological polar surface area (TPSA) is 8.81 Å². The van der Waals surface area contributed by atoms with E-state index in [1.165, 1.54) is 72.1 Å². The number of hydrogen-bond acceptors (Lipinski definition) is 0. The SMILES string of the molecule is Cc1cc2c(c3c1c1c(ccc[n+]1C)n3-c1ccc(C(C)(C)C)cc1)C1c3ccccc3C2c2ccccc21. The van der Waals surface area contributed by atoms with Crippen molar-refractivity contribution in [2.45, 2.75) is 44.9 Å². The van der Waals surface area contributed by atoms with Crippen molar-refractivity contribution in [3.05, 3.63) is 142 Å². The quantitative estimate of drug-likeness (QED) is 0.199. The Kier molecular flexibility index (Phi) is 4.50. The highest BCUT2D eigenvalue weighted by atomic mass is 15.0. The molecule has 3 aliphatic carbocycles. The number of rotatable bonds is 1. The summed E-state index contributed by atoms with van der Waals surface area (Å²) in [5.74, 6) is 0.492. The summed E-state index contributed by atoms with van der Waals surface area (Å²) >= 11 is 0. The van der Waals surface area contributed by atoms with Crippen molar-refractivity contribution in [3.63, 3.8) is 0 Å². The summed E-state index contributed by atoms with van der Waals surface area (Å²) in [7, 11) is 2.18. The number of aromatic nitrogens is 2. The van der Waals surface area contributed by atoms with Crippen molar-refractivity contribution >= 4 is 21.9 Å². The van der Waals surface area contributed by atoms with Crippen LogP contribution in [-0.4, -0.2) is 4.57 Å². The summed E-state index contributed by atoms with van der Waals surface area (Å²) < 4.78 is 4.86. The predicted octanol–water partition coefficient (Wildman–Crippen LogP) is 8.20. The minimum Gasteiger partial charge on any atom is -0.303 e. The van der Waals surface area contributed by atoms with Gasteiger partial charge in [0, 0.05) is 23.6 Å². The summed E-state index contributed by atoms with van der Waals surface area (Å²) in [5, 5.41) is 1.37.